The molecule has 1 aliphatic rings. The van der Waals surface area contributed by atoms with Gasteiger partial charge in [-0.05, 0) is 30.9 Å². The van der Waals surface area contributed by atoms with E-state index in [-0.39, 0.29) is 0 Å². The fourth-order valence-corrected chi connectivity index (χ4v) is 3.48. The van der Waals surface area contributed by atoms with Crippen molar-refractivity contribution in [3.63, 3.8) is 0 Å². The van der Waals surface area contributed by atoms with Crippen molar-refractivity contribution in [2.75, 3.05) is 11.9 Å². The van der Waals surface area contributed by atoms with Crippen LogP contribution in [0.2, 0.25) is 0 Å². The fourth-order valence-electron chi connectivity index (χ4n) is 2.59. The zero-order valence-corrected chi connectivity index (χ0v) is 12.9. The summed E-state index contributed by atoms with van der Waals surface area (Å²) in [6, 6.07) is 6.89. The van der Waals surface area contributed by atoms with Crippen LogP contribution in [0.25, 0.3) is 0 Å². The van der Waals surface area contributed by atoms with Gasteiger partial charge in [0.05, 0.1) is 6.04 Å². The number of hydrogen-bond acceptors (Lipinski definition) is 4. The minimum Gasteiger partial charge on any atom is -0.384 e. The van der Waals surface area contributed by atoms with Crippen molar-refractivity contribution < 1.29 is 0 Å². The van der Waals surface area contributed by atoms with Crippen LogP contribution in [0.5, 0.6) is 0 Å². The Morgan fingerprint density at radius 3 is 3.15 bits per heavy atom. The van der Waals surface area contributed by atoms with Gasteiger partial charge in [0.1, 0.15) is 5.01 Å². The lowest BCUT2D eigenvalue weighted by Gasteiger charge is -2.14. The van der Waals surface area contributed by atoms with Crippen molar-refractivity contribution in [1.82, 2.24) is 10.3 Å². The number of nitrogens with one attached hydrogen (secondary N) is 2. The molecule has 0 amide bonds. The van der Waals surface area contributed by atoms with Crippen LogP contribution in [0.15, 0.2) is 24.4 Å². The van der Waals surface area contributed by atoms with E-state index in [9.17, 15) is 0 Å². The van der Waals surface area contributed by atoms with Gasteiger partial charge >= 0.3 is 0 Å². The van der Waals surface area contributed by atoms with E-state index in [0.717, 1.165) is 25.9 Å². The van der Waals surface area contributed by atoms with Gasteiger partial charge in [0, 0.05) is 29.9 Å². The fraction of sp³-hybridized carbons (Fsp3) is 0.438. The van der Waals surface area contributed by atoms with Crippen LogP contribution in [0.3, 0.4) is 0 Å². The second-order valence-corrected chi connectivity index (χ2v) is 6.40. The molecule has 2 N–H and O–H groups in total. The molecule has 0 aliphatic carbocycles. The maximum atomic E-state index is 4.51. The first-order valence-electron chi connectivity index (χ1n) is 7.30. The number of thiazole rings is 1. The van der Waals surface area contributed by atoms with E-state index in [2.05, 4.69) is 47.7 Å². The molecule has 4 heteroatoms. The van der Waals surface area contributed by atoms with E-state index >= 15 is 0 Å². The maximum Gasteiger partial charge on any atom is 0.109 e. The summed E-state index contributed by atoms with van der Waals surface area (Å²) in [5, 5.41) is 8.27. The Hall–Kier alpha value is -1.39. The van der Waals surface area contributed by atoms with Gasteiger partial charge in [0.15, 0.2) is 0 Å². The summed E-state index contributed by atoms with van der Waals surface area (Å²) in [5.74, 6) is 0. The summed E-state index contributed by atoms with van der Waals surface area (Å²) < 4.78 is 0. The van der Waals surface area contributed by atoms with E-state index < -0.39 is 0 Å². The molecular weight excluding hydrogens is 266 g/mol. The molecule has 0 saturated carbocycles. The topological polar surface area (TPSA) is 37.0 Å². The van der Waals surface area contributed by atoms with E-state index in [4.69, 9.17) is 0 Å². The summed E-state index contributed by atoms with van der Waals surface area (Å²) in [7, 11) is 0. The molecular formula is C16H21N3S. The van der Waals surface area contributed by atoms with Crippen LogP contribution in [0.1, 0.15) is 40.9 Å². The summed E-state index contributed by atoms with van der Waals surface area (Å²) in [6.45, 7) is 6.32. The maximum absolute atomic E-state index is 4.51. The van der Waals surface area contributed by atoms with Crippen LogP contribution < -0.4 is 10.6 Å². The van der Waals surface area contributed by atoms with Crippen molar-refractivity contribution >= 4 is 17.0 Å². The molecule has 3 rings (SSSR count). The predicted octanol–water partition coefficient (Wildman–Crippen LogP) is 3.52. The molecule has 0 bridgehead atoms. The first-order chi connectivity index (χ1) is 9.78. The molecule has 2 heterocycles. The lowest BCUT2D eigenvalue weighted by molar-refractivity contribution is 0.572. The van der Waals surface area contributed by atoms with E-state index in [1.807, 2.05) is 17.5 Å². The highest BCUT2D eigenvalue weighted by atomic mass is 32.1. The molecule has 0 radical (unpaired) electrons. The lowest BCUT2D eigenvalue weighted by Crippen LogP contribution is -2.18. The largest absolute Gasteiger partial charge is 0.384 e. The van der Waals surface area contributed by atoms with Crippen molar-refractivity contribution in [3.8, 4) is 0 Å². The Morgan fingerprint density at radius 2 is 2.35 bits per heavy atom. The number of rotatable bonds is 5. The Balaban J connectivity index is 1.66. The average molecular weight is 287 g/mol. The number of anilines is 1. The molecule has 2 aromatic rings. The highest BCUT2D eigenvalue weighted by Crippen LogP contribution is 2.27. The minimum absolute atomic E-state index is 0.303. The number of hydrogen-bond donors (Lipinski definition) is 2. The highest BCUT2D eigenvalue weighted by Gasteiger charge is 2.15. The molecule has 1 aliphatic heterocycles. The first-order valence-corrected chi connectivity index (χ1v) is 8.12. The van der Waals surface area contributed by atoms with Gasteiger partial charge in [-0.15, -0.1) is 11.3 Å². The summed E-state index contributed by atoms with van der Waals surface area (Å²) >= 11 is 1.81. The Bertz CT molecular complexity index is 591. The van der Waals surface area contributed by atoms with Crippen LogP contribution in [0, 0.1) is 0 Å². The summed E-state index contributed by atoms with van der Waals surface area (Å²) in [6.07, 6.45) is 4.21. The number of benzene rings is 1. The van der Waals surface area contributed by atoms with Crippen LogP contribution >= 0.6 is 11.3 Å². The highest BCUT2D eigenvalue weighted by molar-refractivity contribution is 7.11. The minimum atomic E-state index is 0.303. The normalized spacial score (nSPS) is 14.9. The van der Waals surface area contributed by atoms with Crippen LogP contribution in [-0.2, 0) is 19.4 Å². The second-order valence-electron chi connectivity index (χ2n) is 5.25. The molecule has 106 valence electrons. The predicted molar refractivity (Wildman–Crippen MR) is 85.4 cm³/mol. The molecule has 1 aromatic carbocycles. The molecule has 1 atom stereocenters. The van der Waals surface area contributed by atoms with Gasteiger partial charge in [-0.1, -0.05) is 25.1 Å². The zero-order valence-electron chi connectivity index (χ0n) is 12.1. The van der Waals surface area contributed by atoms with Gasteiger partial charge in [-0.3, -0.25) is 0 Å². The third kappa shape index (κ3) is 2.72. The van der Waals surface area contributed by atoms with E-state index in [0.29, 0.717) is 6.04 Å². The first kappa shape index (κ1) is 13.6. The average Bonchev–Trinajstić information content (AvgIpc) is 3.13. The van der Waals surface area contributed by atoms with Gasteiger partial charge < -0.3 is 10.6 Å². The SMILES string of the molecule is CCc1cnc(C(C)NCc2cccc3c2NCC3)s1. The Morgan fingerprint density at radius 1 is 1.45 bits per heavy atom. The van der Waals surface area contributed by atoms with Crippen molar-refractivity contribution in [3.05, 3.63) is 45.4 Å². The molecule has 0 saturated heterocycles. The molecule has 1 unspecified atom stereocenters. The standard InChI is InChI=1S/C16H21N3S/c1-3-14-10-19-16(20-14)11(2)18-9-13-6-4-5-12-7-8-17-15(12)13/h4-6,10-11,17-18H,3,7-9H2,1-2H3. The number of para-hydroxylation sites is 1. The molecule has 20 heavy (non-hydrogen) atoms. The summed E-state index contributed by atoms with van der Waals surface area (Å²) in [5.41, 5.74) is 4.14. The molecule has 0 spiro atoms. The quantitative estimate of drug-likeness (QED) is 0.883. The van der Waals surface area contributed by atoms with Crippen molar-refractivity contribution in [2.45, 2.75) is 39.3 Å². The van der Waals surface area contributed by atoms with Crippen LogP contribution in [0.4, 0.5) is 5.69 Å². The van der Waals surface area contributed by atoms with Crippen LogP contribution in [-0.4, -0.2) is 11.5 Å². The zero-order chi connectivity index (χ0) is 13.9. The molecule has 1 aromatic heterocycles. The van der Waals surface area contributed by atoms with Crippen molar-refractivity contribution in [1.29, 1.82) is 0 Å². The smallest absolute Gasteiger partial charge is 0.109 e. The molecule has 3 nitrogen and oxygen atoms in total. The Labute approximate surface area is 124 Å². The third-order valence-corrected chi connectivity index (χ3v) is 5.15. The number of fused-ring (bicyclic) bond motifs is 1. The van der Waals surface area contributed by atoms with E-state index in [1.54, 1.807) is 0 Å². The number of aromatic nitrogens is 1. The van der Waals surface area contributed by atoms with Gasteiger partial charge in [-0.2, -0.15) is 0 Å². The lowest BCUT2D eigenvalue weighted by atomic mass is 10.1. The number of aryl methyl sites for hydroxylation is 1. The third-order valence-electron chi connectivity index (χ3n) is 3.82. The van der Waals surface area contributed by atoms with Crippen molar-refractivity contribution in [2.24, 2.45) is 0 Å². The summed E-state index contributed by atoms with van der Waals surface area (Å²) in [4.78, 5) is 5.87. The van der Waals surface area contributed by atoms with E-state index in [1.165, 1.54) is 26.7 Å². The molecule has 0 fully saturated rings. The van der Waals surface area contributed by atoms with Gasteiger partial charge in [0.25, 0.3) is 0 Å². The van der Waals surface area contributed by atoms with Gasteiger partial charge in [-0.25, -0.2) is 4.98 Å². The van der Waals surface area contributed by atoms with Gasteiger partial charge in [0.2, 0.25) is 0 Å². The number of nitrogens with zero attached hydrogens (tertiary/aromatic N) is 1. The monoisotopic (exact) mass is 287 g/mol. The Kier molecular flexibility index (Phi) is 4.03. The second kappa shape index (κ2) is 5.94.